The Balaban J connectivity index is 2.29. The fourth-order valence-electron chi connectivity index (χ4n) is 1.80. The number of rotatable bonds is 6. The van der Waals surface area contributed by atoms with Crippen LogP contribution < -0.4 is 10.5 Å². The van der Waals surface area contributed by atoms with Crippen molar-refractivity contribution in [3.05, 3.63) is 36.0 Å². The number of nitrogens with two attached hydrogens (primary N) is 1. The SMILES string of the molecule is CCCCOc1cccc(-c2cc(C(=O)O)nc(N)n2)c1. The number of carboxylic acid groups (broad SMARTS) is 1. The molecule has 0 spiro atoms. The number of nitrogens with zero attached hydrogens (tertiary/aromatic N) is 2. The van der Waals surface area contributed by atoms with E-state index in [9.17, 15) is 4.79 Å². The summed E-state index contributed by atoms with van der Waals surface area (Å²) in [5, 5.41) is 9.01. The summed E-state index contributed by atoms with van der Waals surface area (Å²) in [6, 6.07) is 8.70. The van der Waals surface area contributed by atoms with Crippen LogP contribution in [-0.2, 0) is 0 Å². The Morgan fingerprint density at radius 2 is 2.14 bits per heavy atom. The molecule has 0 radical (unpaired) electrons. The predicted molar refractivity (Wildman–Crippen MR) is 79.2 cm³/mol. The topological polar surface area (TPSA) is 98.3 Å². The van der Waals surface area contributed by atoms with Crippen LogP contribution in [0.2, 0.25) is 0 Å². The van der Waals surface area contributed by atoms with Crippen LogP contribution in [0.25, 0.3) is 11.3 Å². The quantitative estimate of drug-likeness (QED) is 0.792. The van der Waals surface area contributed by atoms with Gasteiger partial charge < -0.3 is 15.6 Å². The van der Waals surface area contributed by atoms with Crippen molar-refractivity contribution in [1.29, 1.82) is 0 Å². The number of anilines is 1. The number of ether oxygens (including phenoxy) is 1. The number of aromatic nitrogens is 2. The molecule has 1 aromatic carbocycles. The second-order valence-electron chi connectivity index (χ2n) is 4.53. The zero-order chi connectivity index (χ0) is 15.2. The average molecular weight is 287 g/mol. The molecule has 0 aliphatic heterocycles. The van der Waals surface area contributed by atoms with Gasteiger partial charge in [0, 0.05) is 5.56 Å². The zero-order valence-electron chi connectivity index (χ0n) is 11.7. The van der Waals surface area contributed by atoms with Crippen LogP contribution in [0.5, 0.6) is 5.75 Å². The summed E-state index contributed by atoms with van der Waals surface area (Å²) in [5.74, 6) is -0.488. The van der Waals surface area contributed by atoms with Crippen LogP contribution in [0.4, 0.5) is 5.95 Å². The highest BCUT2D eigenvalue weighted by atomic mass is 16.5. The summed E-state index contributed by atoms with van der Waals surface area (Å²) in [6.45, 7) is 2.74. The first-order valence-corrected chi connectivity index (χ1v) is 6.71. The highest BCUT2D eigenvalue weighted by Gasteiger charge is 2.10. The highest BCUT2D eigenvalue weighted by molar-refractivity contribution is 5.87. The van der Waals surface area contributed by atoms with Crippen molar-refractivity contribution < 1.29 is 14.6 Å². The van der Waals surface area contributed by atoms with E-state index in [-0.39, 0.29) is 11.6 Å². The van der Waals surface area contributed by atoms with Gasteiger partial charge in [-0.15, -0.1) is 0 Å². The molecule has 0 atom stereocenters. The van der Waals surface area contributed by atoms with Gasteiger partial charge in [-0.3, -0.25) is 0 Å². The number of unbranched alkanes of at least 4 members (excludes halogenated alkanes) is 1. The first-order chi connectivity index (χ1) is 10.1. The van der Waals surface area contributed by atoms with Crippen LogP contribution in [0, 0.1) is 0 Å². The maximum atomic E-state index is 11.0. The lowest BCUT2D eigenvalue weighted by atomic mass is 10.1. The molecular weight excluding hydrogens is 270 g/mol. The van der Waals surface area contributed by atoms with Crippen molar-refractivity contribution in [3.8, 4) is 17.0 Å². The van der Waals surface area contributed by atoms with E-state index < -0.39 is 5.97 Å². The second kappa shape index (κ2) is 6.69. The molecule has 110 valence electrons. The Kier molecular flexibility index (Phi) is 4.71. The normalized spacial score (nSPS) is 10.3. The number of carboxylic acids is 1. The van der Waals surface area contributed by atoms with Gasteiger partial charge in [-0.1, -0.05) is 25.5 Å². The van der Waals surface area contributed by atoms with E-state index in [0.717, 1.165) is 24.2 Å². The number of hydrogen-bond donors (Lipinski definition) is 2. The van der Waals surface area contributed by atoms with E-state index >= 15 is 0 Å². The first-order valence-electron chi connectivity index (χ1n) is 6.71. The smallest absolute Gasteiger partial charge is 0.354 e. The molecule has 6 nitrogen and oxygen atoms in total. The fourth-order valence-corrected chi connectivity index (χ4v) is 1.80. The Morgan fingerprint density at radius 1 is 1.33 bits per heavy atom. The monoisotopic (exact) mass is 287 g/mol. The molecule has 2 rings (SSSR count). The minimum absolute atomic E-state index is 0.0674. The highest BCUT2D eigenvalue weighted by Crippen LogP contribution is 2.23. The second-order valence-corrected chi connectivity index (χ2v) is 4.53. The van der Waals surface area contributed by atoms with Crippen molar-refractivity contribution >= 4 is 11.9 Å². The lowest BCUT2D eigenvalue weighted by Gasteiger charge is -2.08. The zero-order valence-corrected chi connectivity index (χ0v) is 11.7. The van der Waals surface area contributed by atoms with Gasteiger partial charge in [-0.05, 0) is 24.6 Å². The van der Waals surface area contributed by atoms with E-state index in [1.54, 1.807) is 0 Å². The van der Waals surface area contributed by atoms with Gasteiger partial charge in [0.2, 0.25) is 5.95 Å². The third-order valence-corrected chi connectivity index (χ3v) is 2.86. The molecule has 1 heterocycles. The molecule has 0 aliphatic carbocycles. The van der Waals surface area contributed by atoms with Gasteiger partial charge >= 0.3 is 5.97 Å². The van der Waals surface area contributed by atoms with Gasteiger partial charge in [-0.2, -0.15) is 0 Å². The van der Waals surface area contributed by atoms with Crippen molar-refractivity contribution in [2.45, 2.75) is 19.8 Å². The summed E-state index contributed by atoms with van der Waals surface area (Å²) < 4.78 is 5.63. The molecule has 0 aliphatic rings. The standard InChI is InChI=1S/C15H17N3O3/c1-2-3-7-21-11-6-4-5-10(8-11)12-9-13(14(19)20)18-15(16)17-12/h4-6,8-9H,2-3,7H2,1H3,(H,19,20)(H2,16,17,18). The molecule has 1 aromatic heterocycles. The van der Waals surface area contributed by atoms with Crippen LogP contribution >= 0.6 is 0 Å². The lowest BCUT2D eigenvalue weighted by Crippen LogP contribution is -2.06. The average Bonchev–Trinajstić information content (AvgIpc) is 2.47. The summed E-state index contributed by atoms with van der Waals surface area (Å²) in [7, 11) is 0. The third kappa shape index (κ3) is 3.92. The molecule has 0 unspecified atom stereocenters. The molecule has 0 saturated carbocycles. The summed E-state index contributed by atoms with van der Waals surface area (Å²) in [6.07, 6.45) is 2.04. The maximum absolute atomic E-state index is 11.0. The first kappa shape index (κ1) is 14.8. The molecule has 0 saturated heterocycles. The van der Waals surface area contributed by atoms with E-state index in [1.807, 2.05) is 24.3 Å². The third-order valence-electron chi connectivity index (χ3n) is 2.86. The van der Waals surface area contributed by atoms with E-state index in [0.29, 0.717) is 12.3 Å². The van der Waals surface area contributed by atoms with Gasteiger partial charge in [0.1, 0.15) is 5.75 Å². The van der Waals surface area contributed by atoms with Gasteiger partial charge in [-0.25, -0.2) is 14.8 Å². The predicted octanol–water partition coefficient (Wildman–Crippen LogP) is 2.60. The Morgan fingerprint density at radius 3 is 2.86 bits per heavy atom. The fraction of sp³-hybridized carbons (Fsp3) is 0.267. The molecule has 0 fully saturated rings. The molecule has 2 aromatic rings. The molecule has 6 heteroatoms. The van der Waals surface area contributed by atoms with E-state index in [2.05, 4.69) is 16.9 Å². The van der Waals surface area contributed by atoms with E-state index in [4.69, 9.17) is 15.6 Å². The van der Waals surface area contributed by atoms with Gasteiger partial charge in [0.15, 0.2) is 5.69 Å². The van der Waals surface area contributed by atoms with Crippen molar-refractivity contribution in [2.24, 2.45) is 0 Å². The maximum Gasteiger partial charge on any atom is 0.354 e. The van der Waals surface area contributed by atoms with Crippen molar-refractivity contribution in [3.63, 3.8) is 0 Å². The number of nitrogen functional groups attached to an aromatic ring is 1. The Hall–Kier alpha value is -2.63. The van der Waals surface area contributed by atoms with Crippen molar-refractivity contribution in [1.82, 2.24) is 9.97 Å². The number of carbonyl (C=O) groups is 1. The molecule has 21 heavy (non-hydrogen) atoms. The van der Waals surface area contributed by atoms with Crippen LogP contribution in [0.1, 0.15) is 30.3 Å². The minimum atomic E-state index is -1.14. The Labute approximate surface area is 122 Å². The van der Waals surface area contributed by atoms with Crippen LogP contribution in [0.15, 0.2) is 30.3 Å². The minimum Gasteiger partial charge on any atom is -0.494 e. The molecule has 0 bridgehead atoms. The van der Waals surface area contributed by atoms with Crippen LogP contribution in [0.3, 0.4) is 0 Å². The molecule has 3 N–H and O–H groups in total. The Bertz CT molecular complexity index is 644. The number of aromatic carboxylic acids is 1. The molecule has 0 amide bonds. The number of hydrogen-bond acceptors (Lipinski definition) is 5. The summed E-state index contributed by atoms with van der Waals surface area (Å²) >= 11 is 0. The largest absolute Gasteiger partial charge is 0.494 e. The summed E-state index contributed by atoms with van der Waals surface area (Å²) in [4.78, 5) is 18.8. The number of benzene rings is 1. The lowest BCUT2D eigenvalue weighted by molar-refractivity contribution is 0.0690. The van der Waals surface area contributed by atoms with Gasteiger partial charge in [0.05, 0.1) is 12.3 Å². The molecular formula is C15H17N3O3. The van der Waals surface area contributed by atoms with E-state index in [1.165, 1.54) is 6.07 Å². The van der Waals surface area contributed by atoms with Crippen LogP contribution in [-0.4, -0.2) is 27.7 Å². The van der Waals surface area contributed by atoms with Crippen molar-refractivity contribution in [2.75, 3.05) is 12.3 Å². The summed E-state index contributed by atoms with van der Waals surface area (Å²) in [5.41, 5.74) is 6.62. The van der Waals surface area contributed by atoms with Gasteiger partial charge in [0.25, 0.3) is 0 Å².